The summed E-state index contributed by atoms with van der Waals surface area (Å²) in [6.45, 7) is 0.797. The molecule has 1 amide bonds. The maximum Gasteiger partial charge on any atom is 0.358 e. The third-order valence-electron chi connectivity index (χ3n) is 3.39. The molecule has 3 rings (SSSR count). The van der Waals surface area contributed by atoms with Crippen LogP contribution in [0.5, 0.6) is 5.75 Å². The van der Waals surface area contributed by atoms with Gasteiger partial charge in [0.25, 0.3) is 5.91 Å². The second-order valence-corrected chi connectivity index (χ2v) is 4.77. The summed E-state index contributed by atoms with van der Waals surface area (Å²) in [5.41, 5.74) is 0.126. The van der Waals surface area contributed by atoms with Crippen LogP contribution in [0.15, 0.2) is 30.5 Å². The second-order valence-electron chi connectivity index (χ2n) is 4.77. The van der Waals surface area contributed by atoms with Crippen molar-refractivity contribution in [3.8, 4) is 5.75 Å². The maximum atomic E-state index is 12.2. The number of aromatic hydroxyl groups is 1. The van der Waals surface area contributed by atoms with Crippen LogP contribution >= 0.6 is 0 Å². The number of carboxylic acids is 1. The minimum Gasteiger partial charge on any atom is -0.507 e. The number of phenolic OH excluding ortho intramolecular Hbond substituents is 1. The van der Waals surface area contributed by atoms with E-state index in [-0.39, 0.29) is 29.0 Å². The van der Waals surface area contributed by atoms with Gasteiger partial charge in [0.1, 0.15) is 5.75 Å². The molecule has 0 atom stereocenters. The van der Waals surface area contributed by atoms with E-state index in [1.807, 2.05) is 0 Å². The molecule has 1 aliphatic heterocycles. The summed E-state index contributed by atoms with van der Waals surface area (Å²) >= 11 is 0. The predicted molar refractivity (Wildman–Crippen MR) is 70.0 cm³/mol. The molecule has 1 fully saturated rings. The van der Waals surface area contributed by atoms with Crippen LogP contribution in [0.3, 0.4) is 0 Å². The Labute approximate surface area is 119 Å². The number of aromatic carboxylic acids is 1. The van der Waals surface area contributed by atoms with Crippen LogP contribution in [-0.4, -0.2) is 55.1 Å². The van der Waals surface area contributed by atoms with Gasteiger partial charge in [-0.2, -0.15) is 0 Å². The highest BCUT2D eigenvalue weighted by atomic mass is 16.4. The topological polar surface area (TPSA) is 109 Å². The number of rotatable bonds is 3. The third-order valence-corrected chi connectivity index (χ3v) is 3.39. The molecule has 2 heterocycles. The van der Waals surface area contributed by atoms with E-state index in [9.17, 15) is 14.7 Å². The number of benzene rings is 1. The Morgan fingerprint density at radius 1 is 1.24 bits per heavy atom. The Kier molecular flexibility index (Phi) is 3.05. The van der Waals surface area contributed by atoms with Gasteiger partial charge >= 0.3 is 5.97 Å². The van der Waals surface area contributed by atoms with Crippen molar-refractivity contribution in [2.75, 3.05) is 13.1 Å². The quantitative estimate of drug-likeness (QED) is 0.845. The van der Waals surface area contributed by atoms with Gasteiger partial charge in [-0.15, -0.1) is 5.10 Å². The molecule has 1 aliphatic rings. The molecule has 0 bridgehead atoms. The number of aromatic nitrogens is 3. The molecule has 0 saturated carbocycles. The number of likely N-dealkylation sites (tertiary alicyclic amines) is 1. The first-order valence-corrected chi connectivity index (χ1v) is 6.28. The molecule has 2 N–H and O–H groups in total. The molecule has 1 saturated heterocycles. The average Bonchev–Trinajstić information content (AvgIpc) is 2.87. The largest absolute Gasteiger partial charge is 0.507 e. The minimum atomic E-state index is -1.14. The van der Waals surface area contributed by atoms with E-state index in [4.69, 9.17) is 5.11 Å². The molecule has 0 spiro atoms. The lowest BCUT2D eigenvalue weighted by molar-refractivity contribution is 0.0494. The first kappa shape index (κ1) is 13.1. The summed E-state index contributed by atoms with van der Waals surface area (Å²) in [6.07, 6.45) is 1.34. The van der Waals surface area contributed by atoms with Gasteiger partial charge in [0.2, 0.25) is 0 Å². The number of amides is 1. The Hall–Kier alpha value is -2.90. The maximum absolute atomic E-state index is 12.2. The third kappa shape index (κ3) is 2.31. The number of para-hydroxylation sites is 1. The fraction of sp³-hybridized carbons (Fsp3) is 0.231. The van der Waals surface area contributed by atoms with E-state index in [0.717, 1.165) is 0 Å². The van der Waals surface area contributed by atoms with E-state index in [0.29, 0.717) is 13.1 Å². The monoisotopic (exact) mass is 288 g/mol. The van der Waals surface area contributed by atoms with Crippen LogP contribution in [0.1, 0.15) is 26.9 Å². The summed E-state index contributed by atoms with van der Waals surface area (Å²) in [7, 11) is 0. The lowest BCUT2D eigenvalue weighted by Gasteiger charge is -2.38. The molecular formula is C13H12N4O4. The van der Waals surface area contributed by atoms with Crippen molar-refractivity contribution in [3.63, 3.8) is 0 Å². The molecule has 8 heteroatoms. The van der Waals surface area contributed by atoms with E-state index in [2.05, 4.69) is 10.3 Å². The van der Waals surface area contributed by atoms with Gasteiger partial charge in [0.15, 0.2) is 5.69 Å². The smallest absolute Gasteiger partial charge is 0.358 e. The summed E-state index contributed by atoms with van der Waals surface area (Å²) < 4.78 is 1.44. The Morgan fingerprint density at radius 3 is 2.57 bits per heavy atom. The first-order chi connectivity index (χ1) is 10.1. The van der Waals surface area contributed by atoms with Crippen LogP contribution in [0.2, 0.25) is 0 Å². The van der Waals surface area contributed by atoms with Gasteiger partial charge in [0.05, 0.1) is 17.8 Å². The Bertz CT molecular complexity index is 706. The van der Waals surface area contributed by atoms with E-state index in [1.165, 1.54) is 16.9 Å². The Morgan fingerprint density at radius 2 is 1.95 bits per heavy atom. The lowest BCUT2D eigenvalue weighted by atomic mass is 10.1. The van der Waals surface area contributed by atoms with Gasteiger partial charge in [0, 0.05) is 13.1 Å². The SMILES string of the molecule is O=C(O)c1cn(C2CN(C(=O)c3ccccc3O)C2)nn1. The van der Waals surface area contributed by atoms with Crippen molar-refractivity contribution in [1.82, 2.24) is 19.9 Å². The van der Waals surface area contributed by atoms with Gasteiger partial charge in [-0.25, -0.2) is 9.48 Å². The number of phenols is 1. The molecule has 108 valence electrons. The summed E-state index contributed by atoms with van der Waals surface area (Å²) in [6, 6.07) is 6.25. The van der Waals surface area contributed by atoms with Crippen molar-refractivity contribution in [3.05, 3.63) is 41.7 Å². The minimum absolute atomic E-state index is 0.0557. The molecule has 1 aromatic heterocycles. The number of carbonyl (C=O) groups is 2. The normalized spacial score (nSPS) is 14.8. The second kappa shape index (κ2) is 4.89. The standard InChI is InChI=1S/C13H12N4O4/c18-11-4-2-1-3-9(11)12(19)16-5-8(6-16)17-7-10(13(20)21)14-15-17/h1-4,7-8,18H,5-6H2,(H,20,21). The van der Waals surface area contributed by atoms with Gasteiger partial charge in [-0.1, -0.05) is 17.3 Å². The van der Waals surface area contributed by atoms with E-state index in [1.54, 1.807) is 23.1 Å². The predicted octanol–water partition coefficient (Wildman–Crippen LogP) is 0.379. The van der Waals surface area contributed by atoms with Crippen molar-refractivity contribution >= 4 is 11.9 Å². The fourth-order valence-corrected chi connectivity index (χ4v) is 2.17. The molecule has 0 radical (unpaired) electrons. The van der Waals surface area contributed by atoms with Crippen molar-refractivity contribution in [2.45, 2.75) is 6.04 Å². The number of carbonyl (C=O) groups excluding carboxylic acids is 1. The van der Waals surface area contributed by atoms with Crippen LogP contribution in [0, 0.1) is 0 Å². The molecule has 2 aromatic rings. The number of nitrogens with zero attached hydrogens (tertiary/aromatic N) is 4. The lowest BCUT2D eigenvalue weighted by Crippen LogP contribution is -2.50. The van der Waals surface area contributed by atoms with Crippen LogP contribution < -0.4 is 0 Å². The summed E-state index contributed by atoms with van der Waals surface area (Å²) in [5.74, 6) is -1.45. The van der Waals surface area contributed by atoms with Crippen LogP contribution in [-0.2, 0) is 0 Å². The molecule has 0 unspecified atom stereocenters. The zero-order chi connectivity index (χ0) is 15.0. The molecule has 21 heavy (non-hydrogen) atoms. The van der Waals surface area contributed by atoms with Crippen LogP contribution in [0.25, 0.3) is 0 Å². The highest BCUT2D eigenvalue weighted by Gasteiger charge is 2.34. The molecular weight excluding hydrogens is 276 g/mol. The number of carboxylic acid groups (broad SMARTS) is 1. The van der Waals surface area contributed by atoms with Crippen molar-refractivity contribution in [2.24, 2.45) is 0 Å². The van der Waals surface area contributed by atoms with E-state index < -0.39 is 5.97 Å². The Balaban J connectivity index is 1.66. The summed E-state index contributed by atoms with van der Waals surface area (Å²) in [4.78, 5) is 24.5. The average molecular weight is 288 g/mol. The highest BCUT2D eigenvalue weighted by molar-refractivity contribution is 5.97. The van der Waals surface area contributed by atoms with Crippen LogP contribution in [0.4, 0.5) is 0 Å². The first-order valence-electron chi connectivity index (χ1n) is 6.28. The molecule has 1 aromatic carbocycles. The van der Waals surface area contributed by atoms with Gasteiger partial charge in [-0.05, 0) is 12.1 Å². The van der Waals surface area contributed by atoms with Crippen molar-refractivity contribution < 1.29 is 19.8 Å². The molecule has 8 nitrogen and oxygen atoms in total. The molecule has 0 aliphatic carbocycles. The van der Waals surface area contributed by atoms with Gasteiger partial charge < -0.3 is 15.1 Å². The zero-order valence-corrected chi connectivity index (χ0v) is 10.9. The number of hydrogen-bond donors (Lipinski definition) is 2. The van der Waals surface area contributed by atoms with Gasteiger partial charge in [-0.3, -0.25) is 4.79 Å². The van der Waals surface area contributed by atoms with Crippen molar-refractivity contribution in [1.29, 1.82) is 0 Å². The summed E-state index contributed by atoms with van der Waals surface area (Å²) in [5, 5.41) is 25.7. The highest BCUT2D eigenvalue weighted by Crippen LogP contribution is 2.25. The fourth-order valence-electron chi connectivity index (χ4n) is 2.17. The number of hydrogen-bond acceptors (Lipinski definition) is 5. The zero-order valence-electron chi connectivity index (χ0n) is 10.9. The van der Waals surface area contributed by atoms with E-state index >= 15 is 0 Å².